The van der Waals surface area contributed by atoms with Gasteiger partial charge in [-0.25, -0.2) is 0 Å². The standard InChI is InChI=1S/C58H37NO/c1-3-14-38(15-4-1)43-34-44(39-16-5-2-6-17-39)37-47(36-43)59(46-31-26-40-18-7-8-19-42(40)35-46)45-29-27-41(28-30-45)48-23-13-24-50-52-32-33-55-58(53-22-11-12-25-54(53)60-55)57(52)51-21-10-9-20-49(51)56(48)50/h1-37H. The van der Waals surface area contributed by atoms with Gasteiger partial charge in [-0.3, -0.25) is 0 Å². The number of rotatable bonds is 6. The normalized spacial score (nSPS) is 11.7. The fraction of sp³-hybridized carbons (Fsp3) is 0. The zero-order valence-corrected chi connectivity index (χ0v) is 32.7. The molecule has 0 N–H and O–H groups in total. The Labute approximate surface area is 347 Å². The minimum atomic E-state index is 0.916. The van der Waals surface area contributed by atoms with E-state index in [4.69, 9.17) is 4.42 Å². The van der Waals surface area contributed by atoms with E-state index in [-0.39, 0.29) is 0 Å². The molecular formula is C58H37NO. The van der Waals surface area contributed by atoms with E-state index in [0.29, 0.717) is 0 Å². The second-order valence-corrected chi connectivity index (χ2v) is 15.6. The molecule has 0 fully saturated rings. The predicted octanol–water partition coefficient (Wildman–Crippen LogP) is 16.7. The molecule has 11 aromatic carbocycles. The number of anilines is 3. The van der Waals surface area contributed by atoms with E-state index < -0.39 is 0 Å². The van der Waals surface area contributed by atoms with Crippen LogP contribution in [-0.4, -0.2) is 0 Å². The lowest BCUT2D eigenvalue weighted by Crippen LogP contribution is -2.10. The molecular weight excluding hydrogens is 727 g/mol. The molecule has 12 aromatic rings. The van der Waals surface area contributed by atoms with E-state index in [9.17, 15) is 0 Å². The van der Waals surface area contributed by atoms with Crippen molar-refractivity contribution < 1.29 is 4.42 Å². The van der Waals surface area contributed by atoms with Crippen LogP contribution in [0.25, 0.3) is 98.4 Å². The topological polar surface area (TPSA) is 16.4 Å². The zero-order valence-electron chi connectivity index (χ0n) is 32.7. The van der Waals surface area contributed by atoms with E-state index >= 15 is 0 Å². The highest BCUT2D eigenvalue weighted by Gasteiger charge is 2.20. The second kappa shape index (κ2) is 13.9. The number of furan rings is 1. The maximum atomic E-state index is 6.38. The maximum absolute atomic E-state index is 6.38. The van der Waals surface area contributed by atoms with Crippen LogP contribution in [0.3, 0.4) is 0 Å². The molecule has 1 aromatic heterocycles. The number of hydrogen-bond acceptors (Lipinski definition) is 2. The fourth-order valence-corrected chi connectivity index (χ4v) is 9.44. The van der Waals surface area contributed by atoms with Crippen molar-refractivity contribution in [3.05, 3.63) is 224 Å². The van der Waals surface area contributed by atoms with E-state index in [1.54, 1.807) is 0 Å². The van der Waals surface area contributed by atoms with Gasteiger partial charge in [-0.05, 0) is 132 Å². The van der Waals surface area contributed by atoms with Gasteiger partial charge in [-0.2, -0.15) is 0 Å². The molecule has 0 amide bonds. The summed E-state index contributed by atoms with van der Waals surface area (Å²) in [6, 6.07) is 81.3. The van der Waals surface area contributed by atoms with Crippen molar-refractivity contribution in [1.82, 2.24) is 0 Å². The van der Waals surface area contributed by atoms with Crippen molar-refractivity contribution >= 4 is 82.1 Å². The Hall–Kier alpha value is -7.94. The van der Waals surface area contributed by atoms with Crippen molar-refractivity contribution in [3.8, 4) is 33.4 Å². The Balaban J connectivity index is 1.06. The van der Waals surface area contributed by atoms with Crippen LogP contribution in [0.4, 0.5) is 17.1 Å². The lowest BCUT2D eigenvalue weighted by Gasteiger charge is -2.27. The van der Waals surface area contributed by atoms with Crippen LogP contribution in [0.5, 0.6) is 0 Å². The lowest BCUT2D eigenvalue weighted by atomic mass is 9.88. The highest BCUT2D eigenvalue weighted by atomic mass is 16.3. The molecule has 0 saturated heterocycles. The third kappa shape index (κ3) is 5.57. The largest absolute Gasteiger partial charge is 0.456 e. The first-order chi connectivity index (χ1) is 29.7. The molecule has 280 valence electrons. The minimum Gasteiger partial charge on any atom is -0.456 e. The highest BCUT2D eigenvalue weighted by Crippen LogP contribution is 2.46. The zero-order chi connectivity index (χ0) is 39.6. The van der Waals surface area contributed by atoms with E-state index in [1.165, 1.54) is 81.9 Å². The molecule has 0 spiro atoms. The molecule has 0 radical (unpaired) electrons. The second-order valence-electron chi connectivity index (χ2n) is 15.6. The van der Waals surface area contributed by atoms with Gasteiger partial charge in [0.2, 0.25) is 0 Å². The summed E-state index contributed by atoms with van der Waals surface area (Å²) in [5.41, 5.74) is 12.2. The molecule has 2 nitrogen and oxygen atoms in total. The van der Waals surface area contributed by atoms with Gasteiger partial charge >= 0.3 is 0 Å². The molecule has 0 aliphatic rings. The number of fused-ring (bicyclic) bond motifs is 11. The average molecular weight is 764 g/mol. The van der Waals surface area contributed by atoms with Gasteiger partial charge < -0.3 is 9.32 Å². The van der Waals surface area contributed by atoms with Crippen molar-refractivity contribution in [2.24, 2.45) is 0 Å². The van der Waals surface area contributed by atoms with Gasteiger partial charge in [0.1, 0.15) is 11.2 Å². The van der Waals surface area contributed by atoms with Gasteiger partial charge in [-0.1, -0.05) is 164 Å². The summed E-state index contributed by atoms with van der Waals surface area (Å²) in [5, 5.41) is 12.2. The molecule has 1 heterocycles. The third-order valence-electron chi connectivity index (χ3n) is 12.2. The average Bonchev–Trinajstić information content (AvgIpc) is 3.71. The quantitative estimate of drug-likeness (QED) is 0.157. The predicted molar refractivity (Wildman–Crippen MR) is 255 cm³/mol. The maximum Gasteiger partial charge on any atom is 0.136 e. The van der Waals surface area contributed by atoms with Gasteiger partial charge in [0.05, 0.1) is 0 Å². The third-order valence-corrected chi connectivity index (χ3v) is 12.2. The van der Waals surface area contributed by atoms with E-state index in [0.717, 1.165) is 33.6 Å². The number of nitrogens with zero attached hydrogens (tertiary/aromatic N) is 1. The van der Waals surface area contributed by atoms with Gasteiger partial charge in [0.15, 0.2) is 0 Å². The first-order valence-corrected chi connectivity index (χ1v) is 20.6. The molecule has 0 aliphatic carbocycles. The van der Waals surface area contributed by atoms with Crippen molar-refractivity contribution in [2.75, 3.05) is 4.90 Å². The van der Waals surface area contributed by atoms with Crippen LogP contribution >= 0.6 is 0 Å². The first kappa shape index (κ1) is 34.1. The van der Waals surface area contributed by atoms with Gasteiger partial charge in [-0.15, -0.1) is 0 Å². The Morgan fingerprint density at radius 1 is 0.267 bits per heavy atom. The highest BCUT2D eigenvalue weighted by molar-refractivity contribution is 6.36. The SMILES string of the molecule is c1ccc(-c2cc(-c3ccccc3)cc(N(c3ccc(-c4cccc5c6ccc7oc8ccccc8c7c6c6ccccc6c45)cc3)c3ccc4ccccc4c3)c2)cc1. The summed E-state index contributed by atoms with van der Waals surface area (Å²) in [5.74, 6) is 0. The summed E-state index contributed by atoms with van der Waals surface area (Å²) in [7, 11) is 0. The summed E-state index contributed by atoms with van der Waals surface area (Å²) < 4.78 is 6.38. The van der Waals surface area contributed by atoms with Crippen LogP contribution in [0.15, 0.2) is 229 Å². The molecule has 0 unspecified atom stereocenters. The van der Waals surface area contributed by atoms with Crippen molar-refractivity contribution in [3.63, 3.8) is 0 Å². The lowest BCUT2D eigenvalue weighted by molar-refractivity contribution is 0.669. The first-order valence-electron chi connectivity index (χ1n) is 20.6. The van der Waals surface area contributed by atoms with Crippen LogP contribution in [-0.2, 0) is 0 Å². The summed E-state index contributed by atoms with van der Waals surface area (Å²) in [4.78, 5) is 2.40. The Morgan fingerprint density at radius 3 is 1.55 bits per heavy atom. The number of benzene rings is 11. The number of hydrogen-bond donors (Lipinski definition) is 0. The molecule has 0 aliphatic heterocycles. The fourth-order valence-electron chi connectivity index (χ4n) is 9.44. The Morgan fingerprint density at radius 2 is 0.833 bits per heavy atom. The van der Waals surface area contributed by atoms with Crippen LogP contribution in [0.1, 0.15) is 0 Å². The van der Waals surface area contributed by atoms with Crippen molar-refractivity contribution in [1.29, 1.82) is 0 Å². The minimum absolute atomic E-state index is 0.916. The van der Waals surface area contributed by atoms with Crippen LogP contribution < -0.4 is 4.90 Å². The molecule has 0 atom stereocenters. The summed E-state index contributed by atoms with van der Waals surface area (Å²) >= 11 is 0. The smallest absolute Gasteiger partial charge is 0.136 e. The number of para-hydroxylation sites is 1. The summed E-state index contributed by atoms with van der Waals surface area (Å²) in [6.45, 7) is 0. The molecule has 60 heavy (non-hydrogen) atoms. The monoisotopic (exact) mass is 763 g/mol. The molecule has 0 bridgehead atoms. The van der Waals surface area contributed by atoms with Crippen LogP contribution in [0.2, 0.25) is 0 Å². The van der Waals surface area contributed by atoms with Gasteiger partial charge in [0, 0.05) is 33.2 Å². The molecule has 2 heteroatoms. The van der Waals surface area contributed by atoms with Crippen molar-refractivity contribution in [2.45, 2.75) is 0 Å². The van der Waals surface area contributed by atoms with E-state index in [2.05, 4.69) is 223 Å². The van der Waals surface area contributed by atoms with Crippen LogP contribution in [0, 0.1) is 0 Å². The van der Waals surface area contributed by atoms with E-state index in [1.807, 2.05) is 6.07 Å². The Kier molecular flexibility index (Phi) is 7.89. The van der Waals surface area contributed by atoms with Gasteiger partial charge in [0.25, 0.3) is 0 Å². The molecule has 12 rings (SSSR count). The Bertz CT molecular complexity index is 3500. The summed E-state index contributed by atoms with van der Waals surface area (Å²) in [6.07, 6.45) is 0. The molecule has 0 saturated carbocycles.